The summed E-state index contributed by atoms with van der Waals surface area (Å²) in [6, 6.07) is 8.88. The lowest BCUT2D eigenvalue weighted by molar-refractivity contribution is 0.115. The van der Waals surface area contributed by atoms with Crippen molar-refractivity contribution >= 4 is 22.3 Å². The van der Waals surface area contributed by atoms with Gasteiger partial charge in [0.25, 0.3) is 0 Å². The molecule has 1 aromatic heterocycles. The minimum Gasteiger partial charge on any atom is -0.397 e. The van der Waals surface area contributed by atoms with Crippen molar-refractivity contribution in [2.24, 2.45) is 11.6 Å². The Morgan fingerprint density at radius 3 is 2.55 bits per heavy atom. The second kappa shape index (κ2) is 9.26. The van der Waals surface area contributed by atoms with Crippen molar-refractivity contribution < 1.29 is 0 Å². The van der Waals surface area contributed by atoms with Crippen LogP contribution in [0, 0.1) is 0 Å². The van der Waals surface area contributed by atoms with Crippen LogP contribution in [0.2, 0.25) is 0 Å². The maximum Gasteiger partial charge on any atom is 0.130 e. The van der Waals surface area contributed by atoms with Gasteiger partial charge in [-0.2, -0.15) is 0 Å². The zero-order chi connectivity index (χ0) is 22.0. The van der Waals surface area contributed by atoms with Crippen molar-refractivity contribution in [2.45, 2.75) is 32.7 Å². The molecule has 7 nitrogen and oxygen atoms in total. The molecule has 0 atom stereocenters. The highest BCUT2D eigenvalue weighted by molar-refractivity contribution is 5.87. The van der Waals surface area contributed by atoms with Gasteiger partial charge in [0.15, 0.2) is 0 Å². The number of anilines is 1. The highest BCUT2D eigenvalue weighted by atomic mass is 15.4. The number of piperazine rings is 1. The summed E-state index contributed by atoms with van der Waals surface area (Å²) in [7, 11) is 1.76. The normalized spacial score (nSPS) is 18.0. The van der Waals surface area contributed by atoms with Crippen molar-refractivity contribution in [1.29, 1.82) is 0 Å². The van der Waals surface area contributed by atoms with Gasteiger partial charge in [0, 0.05) is 69.3 Å². The molecule has 2 heterocycles. The third kappa shape index (κ3) is 5.55. The van der Waals surface area contributed by atoms with E-state index in [1.165, 1.54) is 29.1 Å². The maximum absolute atomic E-state index is 6.18. The van der Waals surface area contributed by atoms with Gasteiger partial charge in [0.1, 0.15) is 5.82 Å². The van der Waals surface area contributed by atoms with Gasteiger partial charge in [-0.3, -0.25) is 9.80 Å². The zero-order valence-electron chi connectivity index (χ0n) is 18.9. The molecular weight excluding hydrogens is 386 g/mol. The minimum atomic E-state index is 0.627. The fourth-order valence-electron chi connectivity index (χ4n) is 4.10. The van der Waals surface area contributed by atoms with Gasteiger partial charge in [-0.1, -0.05) is 12.1 Å². The molecule has 2 aliphatic rings. The Bertz CT molecular complexity index is 979. The molecular formula is C24H35N7. The van der Waals surface area contributed by atoms with Crippen LogP contribution in [0.5, 0.6) is 0 Å². The summed E-state index contributed by atoms with van der Waals surface area (Å²) in [4.78, 5) is 9.77. The standard InChI is InChI=1S/C24H35N7/c1-17(2)31-10-8-30(9-11-31)16-23(18-4-5-18)28-24-13-21-12-19(22(25)15-29(3)26)6-7-20(21)14-27-24/h6-7,12-15,17H,4-5,8-11,16,25-26H2,1-3H3,(H,27,28)/b22-15-. The van der Waals surface area contributed by atoms with Gasteiger partial charge in [0.2, 0.25) is 0 Å². The smallest absolute Gasteiger partial charge is 0.130 e. The second-order valence-corrected chi connectivity index (χ2v) is 8.99. The number of nitrogens with one attached hydrogen (secondary N) is 1. The van der Waals surface area contributed by atoms with Gasteiger partial charge >= 0.3 is 0 Å². The number of aromatic nitrogens is 1. The maximum atomic E-state index is 6.18. The average molecular weight is 422 g/mol. The van der Waals surface area contributed by atoms with Gasteiger partial charge in [-0.05, 0) is 55.3 Å². The van der Waals surface area contributed by atoms with Crippen LogP contribution in [0.15, 0.2) is 47.9 Å². The molecule has 2 fully saturated rings. The van der Waals surface area contributed by atoms with Crippen molar-refractivity contribution in [2.75, 3.05) is 45.1 Å². The van der Waals surface area contributed by atoms with Gasteiger partial charge in [0.05, 0.1) is 5.70 Å². The fraction of sp³-hybridized carbons (Fsp3) is 0.458. The van der Waals surface area contributed by atoms with E-state index >= 15 is 0 Å². The molecule has 0 unspecified atom stereocenters. The van der Waals surface area contributed by atoms with E-state index in [4.69, 9.17) is 11.6 Å². The topological polar surface area (TPSA) is 86.7 Å². The molecule has 4 rings (SSSR count). The number of hydrogen-bond donors (Lipinski definition) is 3. The number of hydrogen-bond acceptors (Lipinski definition) is 7. The molecule has 0 bridgehead atoms. The SMILES string of the molecule is CC(C)N1CCN(CC(Nc2cc3cc(/C(N)=C/N(C)N)ccc3cn2)=C2CC2)CC1. The molecule has 0 radical (unpaired) electrons. The van der Waals surface area contributed by atoms with Gasteiger partial charge in [-0.25, -0.2) is 10.8 Å². The number of benzene rings is 1. The van der Waals surface area contributed by atoms with E-state index < -0.39 is 0 Å². The first-order valence-electron chi connectivity index (χ1n) is 11.2. The number of allylic oxidation sites excluding steroid dienone is 1. The number of nitrogens with two attached hydrogens (primary N) is 2. The van der Waals surface area contributed by atoms with Crippen LogP contribution in [0.4, 0.5) is 5.82 Å². The summed E-state index contributed by atoms with van der Waals surface area (Å²) in [5, 5.41) is 7.30. The summed E-state index contributed by atoms with van der Waals surface area (Å²) in [6.07, 6.45) is 6.03. The predicted octanol–water partition coefficient (Wildman–Crippen LogP) is 2.78. The molecule has 2 aromatic rings. The minimum absolute atomic E-state index is 0.627. The Morgan fingerprint density at radius 2 is 1.90 bits per heavy atom. The zero-order valence-corrected chi connectivity index (χ0v) is 18.9. The van der Waals surface area contributed by atoms with E-state index in [1.807, 2.05) is 18.3 Å². The first-order chi connectivity index (χ1) is 14.9. The number of hydrazine groups is 1. The molecule has 1 aromatic carbocycles. The molecule has 166 valence electrons. The highest BCUT2D eigenvalue weighted by Crippen LogP contribution is 2.33. The van der Waals surface area contributed by atoms with Crippen LogP contribution in [-0.4, -0.2) is 65.6 Å². The van der Waals surface area contributed by atoms with Gasteiger partial charge < -0.3 is 16.1 Å². The molecule has 7 heteroatoms. The average Bonchev–Trinajstić information content (AvgIpc) is 3.58. The van der Waals surface area contributed by atoms with Crippen LogP contribution in [0.25, 0.3) is 16.5 Å². The van der Waals surface area contributed by atoms with Crippen LogP contribution in [-0.2, 0) is 0 Å². The molecule has 31 heavy (non-hydrogen) atoms. The Hall–Kier alpha value is -2.61. The molecule has 5 N–H and O–H groups in total. The van der Waals surface area contributed by atoms with Crippen molar-refractivity contribution in [1.82, 2.24) is 19.8 Å². The Kier molecular flexibility index (Phi) is 6.46. The van der Waals surface area contributed by atoms with Crippen LogP contribution < -0.4 is 16.9 Å². The van der Waals surface area contributed by atoms with E-state index in [2.05, 4.69) is 46.1 Å². The quantitative estimate of drug-likeness (QED) is 0.468. The molecule has 1 aliphatic carbocycles. The highest BCUT2D eigenvalue weighted by Gasteiger charge is 2.23. The summed E-state index contributed by atoms with van der Waals surface area (Å²) in [6.45, 7) is 10.1. The summed E-state index contributed by atoms with van der Waals surface area (Å²) in [5.41, 5.74) is 10.6. The van der Waals surface area contributed by atoms with Crippen molar-refractivity contribution in [3.05, 3.63) is 53.5 Å². The van der Waals surface area contributed by atoms with E-state index in [0.717, 1.165) is 54.9 Å². The lowest BCUT2D eigenvalue weighted by atomic mass is 10.1. The summed E-state index contributed by atoms with van der Waals surface area (Å²) in [5.74, 6) is 6.59. The first kappa shape index (κ1) is 21.6. The van der Waals surface area contributed by atoms with Crippen molar-refractivity contribution in [3.63, 3.8) is 0 Å². The van der Waals surface area contributed by atoms with Crippen LogP contribution in [0.1, 0.15) is 32.3 Å². The molecule has 1 aliphatic heterocycles. The molecule has 0 amide bonds. The molecule has 0 spiro atoms. The van der Waals surface area contributed by atoms with E-state index in [9.17, 15) is 0 Å². The monoisotopic (exact) mass is 421 g/mol. The predicted molar refractivity (Wildman–Crippen MR) is 129 cm³/mol. The Balaban J connectivity index is 1.48. The Labute approximate surface area is 185 Å². The van der Waals surface area contributed by atoms with E-state index in [-0.39, 0.29) is 0 Å². The Morgan fingerprint density at radius 1 is 1.16 bits per heavy atom. The number of nitrogens with zero attached hydrogens (tertiary/aromatic N) is 4. The van der Waals surface area contributed by atoms with Crippen LogP contribution in [0.3, 0.4) is 0 Å². The second-order valence-electron chi connectivity index (χ2n) is 8.99. The molecule has 1 saturated carbocycles. The largest absolute Gasteiger partial charge is 0.397 e. The summed E-state index contributed by atoms with van der Waals surface area (Å²) < 4.78 is 0. The third-order valence-electron chi connectivity index (χ3n) is 6.12. The van der Waals surface area contributed by atoms with Crippen molar-refractivity contribution in [3.8, 4) is 0 Å². The van der Waals surface area contributed by atoms with E-state index in [0.29, 0.717) is 11.7 Å². The lowest BCUT2D eigenvalue weighted by Gasteiger charge is -2.37. The molecule has 1 saturated heterocycles. The van der Waals surface area contributed by atoms with E-state index in [1.54, 1.807) is 13.2 Å². The van der Waals surface area contributed by atoms with Crippen LogP contribution >= 0.6 is 0 Å². The lowest BCUT2D eigenvalue weighted by Crippen LogP contribution is -2.49. The number of pyridine rings is 1. The summed E-state index contributed by atoms with van der Waals surface area (Å²) >= 11 is 0. The number of fused-ring (bicyclic) bond motifs is 1. The fourth-order valence-corrected chi connectivity index (χ4v) is 4.10. The third-order valence-corrected chi connectivity index (χ3v) is 6.12. The van der Waals surface area contributed by atoms with Gasteiger partial charge in [-0.15, -0.1) is 0 Å². The first-order valence-corrected chi connectivity index (χ1v) is 11.2. The number of rotatable bonds is 7.